The van der Waals surface area contributed by atoms with Gasteiger partial charge in [-0.3, -0.25) is 9.36 Å². The van der Waals surface area contributed by atoms with Crippen LogP contribution in [0.4, 0.5) is 0 Å². The molecule has 0 saturated carbocycles. The first-order valence-electron chi connectivity index (χ1n) is 8.47. The molecule has 0 fully saturated rings. The predicted octanol–water partition coefficient (Wildman–Crippen LogP) is 4.42. The van der Waals surface area contributed by atoms with Gasteiger partial charge in [-0.25, -0.2) is 4.98 Å². The van der Waals surface area contributed by atoms with Crippen LogP contribution in [0, 0.1) is 0 Å². The lowest BCUT2D eigenvalue weighted by atomic mass is 10.0. The molecular weight excluding hydrogens is 346 g/mol. The van der Waals surface area contributed by atoms with Crippen molar-refractivity contribution in [3.8, 4) is 22.8 Å². The minimum absolute atomic E-state index is 0.00181. The van der Waals surface area contributed by atoms with Crippen molar-refractivity contribution < 1.29 is 4.42 Å². The normalized spacial score (nSPS) is 13.2. The summed E-state index contributed by atoms with van der Waals surface area (Å²) in [6.45, 7) is 0.638. The number of H-pyrrole nitrogens is 1. The van der Waals surface area contributed by atoms with Gasteiger partial charge in [0.1, 0.15) is 10.6 Å². The van der Waals surface area contributed by atoms with Crippen LogP contribution in [0.1, 0.15) is 5.56 Å². The smallest absolute Gasteiger partial charge is 0.263 e. The molecule has 0 unspecified atom stereocenters. The molecule has 0 radical (unpaired) electrons. The summed E-state index contributed by atoms with van der Waals surface area (Å²) in [4.78, 5) is 22.3. The van der Waals surface area contributed by atoms with E-state index in [4.69, 9.17) is 9.40 Å². The average Bonchev–Trinajstić information content (AvgIpc) is 3.39. The first kappa shape index (κ1) is 14.1. The summed E-state index contributed by atoms with van der Waals surface area (Å²) in [7, 11) is 0. The number of hydrogen-bond acceptors (Lipinski definition) is 4. The Morgan fingerprint density at radius 3 is 3.00 bits per heavy atom. The number of furan rings is 1. The molecule has 1 aliphatic heterocycles. The first-order valence-corrected chi connectivity index (χ1v) is 9.35. The Labute approximate surface area is 151 Å². The van der Waals surface area contributed by atoms with Crippen molar-refractivity contribution in [1.29, 1.82) is 0 Å². The third kappa shape index (κ3) is 1.74. The van der Waals surface area contributed by atoms with Crippen LogP contribution in [-0.4, -0.2) is 14.5 Å². The molecule has 126 valence electrons. The van der Waals surface area contributed by atoms with E-state index in [2.05, 4.69) is 17.1 Å². The van der Waals surface area contributed by atoms with Gasteiger partial charge >= 0.3 is 0 Å². The van der Waals surface area contributed by atoms with Crippen LogP contribution in [-0.2, 0) is 13.0 Å². The fourth-order valence-electron chi connectivity index (χ4n) is 3.91. The monoisotopic (exact) mass is 359 g/mol. The van der Waals surface area contributed by atoms with E-state index in [0.717, 1.165) is 33.8 Å². The quantitative estimate of drug-likeness (QED) is 0.482. The van der Waals surface area contributed by atoms with Gasteiger partial charge < -0.3 is 9.40 Å². The standard InChI is InChI=1S/C20H13N3O2S/c24-20-16-13(15-6-3-9-25-15)10-26-19(16)22-18-17-12(7-8-23(18)20)11-4-1-2-5-14(11)21-17/h1-6,9-10,21H,7-8H2. The largest absolute Gasteiger partial charge is 0.464 e. The molecular formula is C20H13N3O2S. The van der Waals surface area contributed by atoms with Crippen molar-refractivity contribution in [3.63, 3.8) is 0 Å². The number of aromatic amines is 1. The van der Waals surface area contributed by atoms with E-state index in [1.165, 1.54) is 22.3 Å². The number of hydrogen-bond donors (Lipinski definition) is 1. The third-order valence-electron chi connectivity index (χ3n) is 5.10. The number of thiophene rings is 1. The Morgan fingerprint density at radius 2 is 2.12 bits per heavy atom. The van der Waals surface area contributed by atoms with Crippen molar-refractivity contribution in [2.75, 3.05) is 0 Å². The topological polar surface area (TPSA) is 63.8 Å². The first-order chi connectivity index (χ1) is 12.8. The maximum absolute atomic E-state index is 13.2. The van der Waals surface area contributed by atoms with Crippen molar-refractivity contribution in [2.24, 2.45) is 0 Å². The van der Waals surface area contributed by atoms with Gasteiger partial charge in [-0.15, -0.1) is 11.3 Å². The molecule has 1 aliphatic rings. The number of para-hydroxylation sites is 1. The van der Waals surface area contributed by atoms with E-state index in [1.54, 1.807) is 10.8 Å². The molecule has 0 atom stereocenters. The van der Waals surface area contributed by atoms with Crippen molar-refractivity contribution in [3.05, 3.63) is 64.0 Å². The molecule has 5 nitrogen and oxygen atoms in total. The van der Waals surface area contributed by atoms with E-state index in [9.17, 15) is 4.79 Å². The molecule has 26 heavy (non-hydrogen) atoms. The third-order valence-corrected chi connectivity index (χ3v) is 5.98. The Balaban J connectivity index is 1.68. The summed E-state index contributed by atoms with van der Waals surface area (Å²) in [5.74, 6) is 1.44. The number of nitrogens with one attached hydrogen (secondary N) is 1. The second-order valence-electron chi connectivity index (χ2n) is 6.47. The second-order valence-corrected chi connectivity index (χ2v) is 7.33. The molecule has 0 bridgehead atoms. The maximum atomic E-state index is 13.2. The molecule has 0 saturated heterocycles. The zero-order chi connectivity index (χ0) is 17.3. The molecule has 1 aromatic carbocycles. The average molecular weight is 359 g/mol. The van der Waals surface area contributed by atoms with E-state index in [-0.39, 0.29) is 5.56 Å². The number of fused-ring (bicyclic) bond motifs is 6. The van der Waals surface area contributed by atoms with Gasteiger partial charge in [0.15, 0.2) is 5.82 Å². The van der Waals surface area contributed by atoms with Gasteiger partial charge in [0.05, 0.1) is 17.3 Å². The molecule has 1 N–H and O–H groups in total. The molecule has 0 aliphatic carbocycles. The highest BCUT2D eigenvalue weighted by molar-refractivity contribution is 7.17. The van der Waals surface area contributed by atoms with Crippen LogP contribution in [0.2, 0.25) is 0 Å². The highest BCUT2D eigenvalue weighted by Gasteiger charge is 2.25. The summed E-state index contributed by atoms with van der Waals surface area (Å²) in [5.41, 5.74) is 4.12. The highest BCUT2D eigenvalue weighted by Crippen LogP contribution is 2.36. The van der Waals surface area contributed by atoms with Gasteiger partial charge in [0.2, 0.25) is 0 Å². The summed E-state index contributed by atoms with van der Waals surface area (Å²) in [6, 6.07) is 12.0. The minimum Gasteiger partial charge on any atom is -0.464 e. The zero-order valence-corrected chi connectivity index (χ0v) is 14.5. The van der Waals surface area contributed by atoms with E-state index in [1.807, 2.05) is 29.6 Å². The number of aromatic nitrogens is 3. The van der Waals surface area contributed by atoms with E-state index < -0.39 is 0 Å². The molecule has 5 aromatic rings. The lowest BCUT2D eigenvalue weighted by Gasteiger charge is -2.18. The second kappa shape index (κ2) is 4.95. The number of benzene rings is 1. The van der Waals surface area contributed by atoms with Crippen LogP contribution in [0.15, 0.2) is 57.3 Å². The Kier molecular flexibility index (Phi) is 2.69. The van der Waals surface area contributed by atoms with E-state index >= 15 is 0 Å². The molecule has 5 heterocycles. The van der Waals surface area contributed by atoms with Gasteiger partial charge in [0.25, 0.3) is 5.56 Å². The predicted molar refractivity (Wildman–Crippen MR) is 103 cm³/mol. The molecule has 0 spiro atoms. The van der Waals surface area contributed by atoms with Crippen LogP contribution < -0.4 is 5.56 Å². The Bertz CT molecular complexity index is 1360. The van der Waals surface area contributed by atoms with Gasteiger partial charge in [-0.2, -0.15) is 0 Å². The molecule has 6 rings (SSSR count). The van der Waals surface area contributed by atoms with E-state index in [0.29, 0.717) is 17.7 Å². The number of aryl methyl sites for hydroxylation is 1. The summed E-state index contributed by atoms with van der Waals surface area (Å²) in [5, 5.41) is 3.81. The van der Waals surface area contributed by atoms with Gasteiger partial charge in [-0.1, -0.05) is 18.2 Å². The summed E-state index contributed by atoms with van der Waals surface area (Å²) < 4.78 is 7.30. The molecule has 6 heteroatoms. The highest BCUT2D eigenvalue weighted by atomic mass is 32.1. The summed E-state index contributed by atoms with van der Waals surface area (Å²) >= 11 is 1.48. The number of rotatable bonds is 1. The SMILES string of the molecule is O=c1c2c(-c3ccco3)csc2nc2n1CCc1c-2[nH]c2ccccc12. The van der Waals surface area contributed by atoms with Crippen molar-refractivity contribution in [2.45, 2.75) is 13.0 Å². The summed E-state index contributed by atoms with van der Waals surface area (Å²) in [6.07, 6.45) is 2.44. The Morgan fingerprint density at radius 1 is 1.19 bits per heavy atom. The Hall–Kier alpha value is -3.12. The fraction of sp³-hybridized carbons (Fsp3) is 0.100. The molecule has 0 amide bonds. The number of nitrogens with zero attached hydrogens (tertiary/aromatic N) is 2. The minimum atomic E-state index is 0.00181. The lowest BCUT2D eigenvalue weighted by Crippen LogP contribution is -2.27. The van der Waals surface area contributed by atoms with Crippen LogP contribution >= 0.6 is 11.3 Å². The van der Waals surface area contributed by atoms with Gasteiger partial charge in [0, 0.05) is 28.4 Å². The van der Waals surface area contributed by atoms with Crippen molar-refractivity contribution in [1.82, 2.24) is 14.5 Å². The molecule has 4 aromatic heterocycles. The van der Waals surface area contributed by atoms with Crippen LogP contribution in [0.3, 0.4) is 0 Å². The fourth-order valence-corrected chi connectivity index (χ4v) is 4.83. The zero-order valence-electron chi connectivity index (χ0n) is 13.7. The van der Waals surface area contributed by atoms with Crippen LogP contribution in [0.5, 0.6) is 0 Å². The van der Waals surface area contributed by atoms with Gasteiger partial charge in [-0.05, 0) is 30.2 Å². The lowest BCUT2D eigenvalue weighted by molar-refractivity contribution is 0.583. The van der Waals surface area contributed by atoms with Crippen LogP contribution in [0.25, 0.3) is 44.0 Å². The van der Waals surface area contributed by atoms with Crippen molar-refractivity contribution >= 4 is 32.5 Å². The maximum Gasteiger partial charge on any atom is 0.263 e.